The molecular formula is C13H18ClN3O. The Morgan fingerprint density at radius 3 is 2.61 bits per heavy atom. The van der Waals surface area contributed by atoms with Gasteiger partial charge in [0.05, 0.1) is 5.02 Å². The lowest BCUT2D eigenvalue weighted by atomic mass is 9.98. The van der Waals surface area contributed by atoms with E-state index in [1.807, 2.05) is 11.9 Å². The van der Waals surface area contributed by atoms with Gasteiger partial charge < -0.3 is 15.2 Å². The number of aromatic amines is 1. The number of rotatable bonds is 2. The van der Waals surface area contributed by atoms with E-state index in [2.05, 4.69) is 10.3 Å². The Balaban J connectivity index is 1.70. The van der Waals surface area contributed by atoms with Crippen molar-refractivity contribution in [1.82, 2.24) is 15.2 Å². The summed E-state index contributed by atoms with van der Waals surface area (Å²) in [7, 11) is 1.90. The number of H-pyrrole nitrogens is 1. The Hall–Kier alpha value is -1.00. The number of nitrogens with zero attached hydrogens (tertiary/aromatic N) is 1. The molecule has 2 atom stereocenters. The minimum atomic E-state index is 0.0354. The van der Waals surface area contributed by atoms with Crippen LogP contribution in [0.25, 0.3) is 0 Å². The molecule has 0 saturated carbocycles. The molecule has 2 N–H and O–H groups in total. The predicted octanol–water partition coefficient (Wildman–Crippen LogP) is 2.02. The number of aromatic nitrogens is 1. The molecule has 2 bridgehead atoms. The summed E-state index contributed by atoms with van der Waals surface area (Å²) in [6.45, 7) is 0. The van der Waals surface area contributed by atoms with Gasteiger partial charge in [0.15, 0.2) is 0 Å². The Labute approximate surface area is 112 Å². The molecule has 2 aliphatic rings. The van der Waals surface area contributed by atoms with Gasteiger partial charge in [-0.15, -0.1) is 0 Å². The van der Waals surface area contributed by atoms with Crippen molar-refractivity contribution in [2.75, 3.05) is 7.05 Å². The van der Waals surface area contributed by atoms with E-state index in [-0.39, 0.29) is 5.91 Å². The number of hydrogen-bond donors (Lipinski definition) is 2. The summed E-state index contributed by atoms with van der Waals surface area (Å²) < 4.78 is 0. The van der Waals surface area contributed by atoms with Crippen LogP contribution in [0.2, 0.25) is 5.02 Å². The van der Waals surface area contributed by atoms with Gasteiger partial charge in [-0.3, -0.25) is 4.79 Å². The summed E-state index contributed by atoms with van der Waals surface area (Å²) in [5.74, 6) is 0.0354. The van der Waals surface area contributed by atoms with Crippen LogP contribution in [0.4, 0.5) is 0 Å². The summed E-state index contributed by atoms with van der Waals surface area (Å²) in [6, 6.07) is 3.22. The zero-order valence-electron chi connectivity index (χ0n) is 10.4. The third-order valence-corrected chi connectivity index (χ3v) is 4.41. The SMILES string of the molecule is CN(C(=O)c1cc(Cl)c[nH]1)C1CC2CCC(C1)N2. The molecule has 2 aliphatic heterocycles. The molecule has 2 unspecified atom stereocenters. The standard InChI is InChI=1S/C13H18ClN3O/c1-17(13(18)12-4-8(14)7-15-12)11-5-9-2-3-10(6-11)16-9/h4,7,9-11,15-16H,2-3,5-6H2,1H3. The molecule has 3 heterocycles. The number of fused-ring (bicyclic) bond motifs is 2. The lowest BCUT2D eigenvalue weighted by Crippen LogP contribution is -2.48. The smallest absolute Gasteiger partial charge is 0.270 e. The van der Waals surface area contributed by atoms with E-state index >= 15 is 0 Å². The number of hydrogen-bond acceptors (Lipinski definition) is 2. The van der Waals surface area contributed by atoms with Crippen LogP contribution in [0.3, 0.4) is 0 Å². The van der Waals surface area contributed by atoms with Crippen LogP contribution in [0.1, 0.15) is 36.2 Å². The van der Waals surface area contributed by atoms with Crippen LogP contribution in [0, 0.1) is 0 Å². The first-order chi connectivity index (χ1) is 8.63. The van der Waals surface area contributed by atoms with E-state index < -0.39 is 0 Å². The highest BCUT2D eigenvalue weighted by Gasteiger charge is 2.36. The van der Waals surface area contributed by atoms with Crippen LogP contribution in [-0.4, -0.2) is 41.0 Å². The zero-order valence-corrected chi connectivity index (χ0v) is 11.2. The topological polar surface area (TPSA) is 48.1 Å². The molecule has 1 aromatic rings. The fourth-order valence-electron chi connectivity index (χ4n) is 3.19. The molecule has 1 aromatic heterocycles. The third-order valence-electron chi connectivity index (χ3n) is 4.19. The summed E-state index contributed by atoms with van der Waals surface area (Å²) >= 11 is 5.84. The third kappa shape index (κ3) is 2.15. The van der Waals surface area contributed by atoms with Crippen molar-refractivity contribution in [3.63, 3.8) is 0 Å². The molecule has 0 radical (unpaired) electrons. The van der Waals surface area contributed by atoms with E-state index in [4.69, 9.17) is 11.6 Å². The highest BCUT2D eigenvalue weighted by atomic mass is 35.5. The van der Waals surface area contributed by atoms with Crippen molar-refractivity contribution in [2.45, 2.75) is 43.8 Å². The fourth-order valence-corrected chi connectivity index (χ4v) is 3.35. The minimum Gasteiger partial charge on any atom is -0.356 e. The minimum absolute atomic E-state index is 0.0354. The van der Waals surface area contributed by atoms with Gasteiger partial charge in [-0.05, 0) is 31.7 Å². The van der Waals surface area contributed by atoms with Crippen molar-refractivity contribution in [3.05, 3.63) is 23.0 Å². The van der Waals surface area contributed by atoms with Gasteiger partial charge in [0.2, 0.25) is 0 Å². The van der Waals surface area contributed by atoms with Gasteiger partial charge >= 0.3 is 0 Å². The second-order valence-electron chi connectivity index (χ2n) is 5.41. The van der Waals surface area contributed by atoms with Crippen LogP contribution in [0.5, 0.6) is 0 Å². The lowest BCUT2D eigenvalue weighted by molar-refractivity contribution is 0.0676. The van der Waals surface area contributed by atoms with Crippen molar-refractivity contribution in [1.29, 1.82) is 0 Å². The molecule has 0 aliphatic carbocycles. The second-order valence-corrected chi connectivity index (χ2v) is 5.85. The Morgan fingerprint density at radius 1 is 1.39 bits per heavy atom. The van der Waals surface area contributed by atoms with Gasteiger partial charge in [0.1, 0.15) is 5.69 Å². The molecule has 2 fully saturated rings. The van der Waals surface area contributed by atoms with E-state index in [9.17, 15) is 4.79 Å². The van der Waals surface area contributed by atoms with Gasteiger partial charge in [-0.2, -0.15) is 0 Å². The van der Waals surface area contributed by atoms with Gasteiger partial charge in [-0.1, -0.05) is 11.6 Å². The number of carbonyl (C=O) groups excluding carboxylic acids is 1. The summed E-state index contributed by atoms with van der Waals surface area (Å²) in [5.41, 5.74) is 0.577. The Bertz CT molecular complexity index is 447. The van der Waals surface area contributed by atoms with Crippen molar-refractivity contribution < 1.29 is 4.79 Å². The monoisotopic (exact) mass is 267 g/mol. The van der Waals surface area contributed by atoms with Gasteiger partial charge in [0, 0.05) is 31.4 Å². The maximum Gasteiger partial charge on any atom is 0.270 e. The van der Waals surface area contributed by atoms with Crippen LogP contribution < -0.4 is 5.32 Å². The maximum absolute atomic E-state index is 12.3. The number of halogens is 1. The molecule has 1 amide bonds. The largest absolute Gasteiger partial charge is 0.356 e. The van der Waals surface area contributed by atoms with E-state index in [0.717, 1.165) is 12.8 Å². The van der Waals surface area contributed by atoms with Crippen LogP contribution in [0.15, 0.2) is 12.3 Å². The highest BCUT2D eigenvalue weighted by molar-refractivity contribution is 6.30. The lowest BCUT2D eigenvalue weighted by Gasteiger charge is -2.35. The molecular weight excluding hydrogens is 250 g/mol. The normalized spacial score (nSPS) is 30.4. The van der Waals surface area contributed by atoms with Crippen molar-refractivity contribution in [3.8, 4) is 0 Å². The Kier molecular flexibility index (Phi) is 3.08. The summed E-state index contributed by atoms with van der Waals surface area (Å²) in [4.78, 5) is 17.1. The highest BCUT2D eigenvalue weighted by Crippen LogP contribution is 2.29. The molecule has 4 nitrogen and oxygen atoms in total. The number of carbonyl (C=O) groups is 1. The number of amides is 1. The second kappa shape index (κ2) is 4.59. The van der Waals surface area contributed by atoms with Crippen molar-refractivity contribution >= 4 is 17.5 Å². The summed E-state index contributed by atoms with van der Waals surface area (Å²) in [5, 5.41) is 4.17. The maximum atomic E-state index is 12.3. The first-order valence-corrected chi connectivity index (χ1v) is 6.88. The van der Waals surface area contributed by atoms with Crippen molar-refractivity contribution in [2.24, 2.45) is 0 Å². The number of piperidine rings is 1. The molecule has 0 aromatic carbocycles. The Morgan fingerprint density at radius 2 is 2.06 bits per heavy atom. The molecule has 98 valence electrons. The molecule has 5 heteroatoms. The molecule has 2 saturated heterocycles. The molecule has 18 heavy (non-hydrogen) atoms. The fraction of sp³-hybridized carbons (Fsp3) is 0.615. The van der Waals surface area contributed by atoms with E-state index in [0.29, 0.717) is 28.8 Å². The van der Waals surface area contributed by atoms with E-state index in [1.165, 1.54) is 12.8 Å². The summed E-state index contributed by atoms with van der Waals surface area (Å²) in [6.07, 6.45) is 6.27. The van der Waals surface area contributed by atoms with Gasteiger partial charge in [0.25, 0.3) is 5.91 Å². The predicted molar refractivity (Wildman–Crippen MR) is 70.9 cm³/mol. The number of nitrogens with one attached hydrogen (secondary N) is 2. The first kappa shape index (κ1) is 12.1. The zero-order chi connectivity index (χ0) is 12.7. The molecule has 3 rings (SSSR count). The average Bonchev–Trinajstić information content (AvgIpc) is 2.94. The van der Waals surface area contributed by atoms with Crippen LogP contribution >= 0.6 is 11.6 Å². The molecule has 0 spiro atoms. The van der Waals surface area contributed by atoms with Crippen LogP contribution in [-0.2, 0) is 0 Å². The van der Waals surface area contributed by atoms with Gasteiger partial charge in [-0.25, -0.2) is 0 Å². The van der Waals surface area contributed by atoms with E-state index in [1.54, 1.807) is 12.3 Å². The quantitative estimate of drug-likeness (QED) is 0.861. The average molecular weight is 268 g/mol. The first-order valence-electron chi connectivity index (χ1n) is 6.50.